The number of anilines is 2. The zero-order valence-corrected chi connectivity index (χ0v) is 15.8. The highest BCUT2D eigenvalue weighted by Gasteiger charge is 2.32. The molecule has 3 aromatic rings. The van der Waals surface area contributed by atoms with Crippen LogP contribution in [-0.4, -0.2) is 37.2 Å². The summed E-state index contributed by atoms with van der Waals surface area (Å²) < 4.78 is 18.8. The number of benzene rings is 2. The fraction of sp³-hybridized carbons (Fsp3) is 0.217. The molecule has 6 heteroatoms. The molecule has 0 saturated carbocycles. The number of rotatable bonds is 3. The number of fused-ring (bicyclic) bond motifs is 1. The Hall–Kier alpha value is -3.25. The Bertz CT molecular complexity index is 1060. The summed E-state index contributed by atoms with van der Waals surface area (Å²) in [6, 6.07) is 15.9. The van der Waals surface area contributed by atoms with Gasteiger partial charge < -0.3 is 14.5 Å². The molecule has 1 saturated heterocycles. The van der Waals surface area contributed by atoms with E-state index in [0.29, 0.717) is 31.0 Å². The lowest BCUT2D eigenvalue weighted by atomic mass is 10.0. The highest BCUT2D eigenvalue weighted by Crippen LogP contribution is 2.37. The Kier molecular flexibility index (Phi) is 4.48. The predicted octanol–water partition coefficient (Wildman–Crippen LogP) is 3.88. The fourth-order valence-electron chi connectivity index (χ4n) is 4.04. The second-order valence-corrected chi connectivity index (χ2v) is 7.17. The Morgan fingerprint density at radius 1 is 0.931 bits per heavy atom. The first-order chi connectivity index (χ1) is 14.2. The maximum atomic E-state index is 13.3. The Labute approximate surface area is 168 Å². The van der Waals surface area contributed by atoms with Gasteiger partial charge in [-0.15, -0.1) is 0 Å². The van der Waals surface area contributed by atoms with Crippen LogP contribution in [-0.2, 0) is 11.3 Å². The number of carbonyl (C=O) groups excluding carboxylic acids is 1. The van der Waals surface area contributed by atoms with Crippen LogP contribution in [0.15, 0.2) is 60.8 Å². The first-order valence-corrected chi connectivity index (χ1v) is 9.70. The number of amides is 1. The third-order valence-electron chi connectivity index (χ3n) is 5.50. The Balaban J connectivity index is 1.56. The van der Waals surface area contributed by atoms with E-state index in [4.69, 9.17) is 4.74 Å². The van der Waals surface area contributed by atoms with Crippen LogP contribution in [0.3, 0.4) is 0 Å². The molecule has 5 rings (SSSR count). The molecule has 2 aliphatic heterocycles. The molecule has 2 aromatic carbocycles. The van der Waals surface area contributed by atoms with Crippen LogP contribution in [0.5, 0.6) is 0 Å². The van der Waals surface area contributed by atoms with Gasteiger partial charge in [0.25, 0.3) is 5.91 Å². The van der Waals surface area contributed by atoms with Crippen molar-refractivity contribution in [1.29, 1.82) is 0 Å². The van der Waals surface area contributed by atoms with Crippen molar-refractivity contribution in [2.24, 2.45) is 0 Å². The van der Waals surface area contributed by atoms with Crippen molar-refractivity contribution in [3.05, 3.63) is 77.7 Å². The standard InChI is InChI=1S/C23H20FN3O2/c24-16-5-7-17(8-6-16)27-15-20-18(23(27)28)9-10-25-22(20)19-3-1-2-4-21(19)26-11-13-29-14-12-26/h1-10H,11-15H2. The van der Waals surface area contributed by atoms with Crippen LogP contribution in [0.2, 0.25) is 0 Å². The number of aromatic nitrogens is 1. The predicted molar refractivity (Wildman–Crippen MR) is 110 cm³/mol. The maximum absolute atomic E-state index is 13.3. The van der Waals surface area contributed by atoms with E-state index in [1.807, 2.05) is 12.1 Å². The normalized spacial score (nSPS) is 16.2. The van der Waals surface area contributed by atoms with E-state index in [0.717, 1.165) is 35.6 Å². The van der Waals surface area contributed by atoms with E-state index in [9.17, 15) is 9.18 Å². The van der Waals surface area contributed by atoms with Crippen LogP contribution in [0.4, 0.5) is 15.8 Å². The van der Waals surface area contributed by atoms with Crippen molar-refractivity contribution in [3.63, 3.8) is 0 Å². The molecule has 2 aliphatic rings. The summed E-state index contributed by atoms with van der Waals surface area (Å²) in [4.78, 5) is 21.7. The summed E-state index contributed by atoms with van der Waals surface area (Å²) in [5, 5.41) is 0. The Morgan fingerprint density at radius 3 is 2.48 bits per heavy atom. The van der Waals surface area contributed by atoms with Crippen LogP contribution in [0.25, 0.3) is 11.3 Å². The molecular formula is C23H20FN3O2. The summed E-state index contributed by atoms with van der Waals surface area (Å²) in [7, 11) is 0. The minimum Gasteiger partial charge on any atom is -0.378 e. The van der Waals surface area contributed by atoms with Gasteiger partial charge in [0.15, 0.2) is 0 Å². The molecule has 0 atom stereocenters. The van der Waals surface area contributed by atoms with Crippen LogP contribution < -0.4 is 9.80 Å². The molecule has 1 fully saturated rings. The van der Waals surface area contributed by atoms with Crippen molar-refractivity contribution in [2.75, 3.05) is 36.1 Å². The fourth-order valence-corrected chi connectivity index (χ4v) is 4.04. The number of hydrogen-bond acceptors (Lipinski definition) is 4. The van der Waals surface area contributed by atoms with E-state index in [2.05, 4.69) is 22.0 Å². The summed E-state index contributed by atoms with van der Waals surface area (Å²) >= 11 is 0. The lowest BCUT2D eigenvalue weighted by molar-refractivity contribution is 0.0996. The second-order valence-electron chi connectivity index (χ2n) is 7.17. The van der Waals surface area contributed by atoms with E-state index >= 15 is 0 Å². The maximum Gasteiger partial charge on any atom is 0.259 e. The molecule has 0 bridgehead atoms. The molecule has 0 radical (unpaired) electrons. The van der Waals surface area contributed by atoms with Crippen LogP contribution in [0.1, 0.15) is 15.9 Å². The summed E-state index contributed by atoms with van der Waals surface area (Å²) in [5.41, 5.74) is 5.17. The van der Waals surface area contributed by atoms with Gasteiger partial charge in [-0.2, -0.15) is 0 Å². The zero-order valence-electron chi connectivity index (χ0n) is 15.8. The number of nitrogens with zero attached hydrogens (tertiary/aromatic N) is 3. The number of pyridine rings is 1. The minimum atomic E-state index is -0.320. The van der Waals surface area contributed by atoms with Gasteiger partial charge in [0.05, 0.1) is 25.5 Å². The monoisotopic (exact) mass is 389 g/mol. The van der Waals surface area contributed by atoms with Gasteiger partial charge in [0, 0.05) is 47.4 Å². The van der Waals surface area contributed by atoms with E-state index in [-0.39, 0.29) is 11.7 Å². The van der Waals surface area contributed by atoms with Gasteiger partial charge in [0.2, 0.25) is 0 Å². The van der Waals surface area contributed by atoms with Crippen LogP contribution >= 0.6 is 0 Å². The third kappa shape index (κ3) is 3.15. The molecule has 5 nitrogen and oxygen atoms in total. The number of hydrogen-bond donors (Lipinski definition) is 0. The number of morpholine rings is 1. The van der Waals surface area contributed by atoms with Gasteiger partial charge >= 0.3 is 0 Å². The summed E-state index contributed by atoms with van der Waals surface area (Å²) in [5.74, 6) is -0.404. The molecule has 0 aliphatic carbocycles. The minimum absolute atomic E-state index is 0.0842. The smallest absolute Gasteiger partial charge is 0.259 e. The molecule has 29 heavy (non-hydrogen) atoms. The van der Waals surface area contributed by atoms with Gasteiger partial charge in [-0.25, -0.2) is 4.39 Å². The number of halogens is 1. The topological polar surface area (TPSA) is 45.7 Å². The Morgan fingerprint density at radius 2 is 1.69 bits per heavy atom. The largest absolute Gasteiger partial charge is 0.378 e. The van der Waals surface area contributed by atoms with Crippen molar-refractivity contribution in [1.82, 2.24) is 4.98 Å². The third-order valence-corrected chi connectivity index (χ3v) is 5.50. The summed E-state index contributed by atoms with van der Waals surface area (Å²) in [6.07, 6.45) is 1.69. The molecule has 0 N–H and O–H groups in total. The molecule has 1 amide bonds. The lowest BCUT2D eigenvalue weighted by Crippen LogP contribution is -2.36. The van der Waals surface area contributed by atoms with E-state index in [1.54, 1.807) is 29.3 Å². The van der Waals surface area contributed by atoms with Gasteiger partial charge in [-0.1, -0.05) is 18.2 Å². The van der Waals surface area contributed by atoms with Crippen molar-refractivity contribution < 1.29 is 13.9 Å². The van der Waals surface area contributed by atoms with Gasteiger partial charge in [0.1, 0.15) is 5.82 Å². The first kappa shape index (κ1) is 17.8. The van der Waals surface area contributed by atoms with Gasteiger partial charge in [-0.05, 0) is 36.4 Å². The molecular weight excluding hydrogens is 369 g/mol. The zero-order chi connectivity index (χ0) is 19.8. The number of carbonyl (C=O) groups is 1. The highest BCUT2D eigenvalue weighted by atomic mass is 19.1. The molecule has 3 heterocycles. The van der Waals surface area contributed by atoms with Crippen molar-refractivity contribution in [3.8, 4) is 11.3 Å². The molecule has 0 unspecified atom stereocenters. The number of para-hydroxylation sites is 1. The van der Waals surface area contributed by atoms with Crippen molar-refractivity contribution >= 4 is 17.3 Å². The SMILES string of the molecule is O=C1c2ccnc(-c3ccccc3N3CCOCC3)c2CN1c1ccc(F)cc1. The van der Waals surface area contributed by atoms with Crippen LogP contribution in [0, 0.1) is 5.82 Å². The molecule has 146 valence electrons. The van der Waals surface area contributed by atoms with E-state index in [1.165, 1.54) is 12.1 Å². The quantitative estimate of drug-likeness (QED) is 0.682. The van der Waals surface area contributed by atoms with E-state index < -0.39 is 0 Å². The second kappa shape index (κ2) is 7.29. The van der Waals surface area contributed by atoms with Crippen molar-refractivity contribution in [2.45, 2.75) is 6.54 Å². The molecule has 1 aromatic heterocycles. The average molecular weight is 389 g/mol. The first-order valence-electron chi connectivity index (χ1n) is 9.70. The average Bonchev–Trinajstić information content (AvgIpc) is 3.12. The lowest BCUT2D eigenvalue weighted by Gasteiger charge is -2.30. The van der Waals surface area contributed by atoms with Gasteiger partial charge in [-0.3, -0.25) is 9.78 Å². The summed E-state index contributed by atoms with van der Waals surface area (Å²) in [6.45, 7) is 3.47. The highest BCUT2D eigenvalue weighted by molar-refractivity contribution is 6.11. The molecule has 0 spiro atoms. The number of ether oxygens (including phenoxy) is 1.